The fraction of sp³-hybridized carbons (Fsp3) is 0.643. The third-order valence-electron chi connectivity index (χ3n) is 3.45. The molecule has 1 saturated heterocycles. The van der Waals surface area contributed by atoms with Gasteiger partial charge in [0.25, 0.3) is 0 Å². The SMILES string of the molecule is CCC(=O)c1sc(NC(C)CN2CCCC2)cc1N. The van der Waals surface area contributed by atoms with E-state index in [4.69, 9.17) is 5.73 Å². The molecule has 0 saturated carbocycles. The number of rotatable bonds is 6. The predicted octanol–water partition coefficient (Wildman–Crippen LogP) is 2.82. The van der Waals surface area contributed by atoms with Crippen molar-refractivity contribution in [3.8, 4) is 0 Å². The largest absolute Gasteiger partial charge is 0.397 e. The van der Waals surface area contributed by atoms with Crippen LogP contribution in [-0.4, -0.2) is 36.4 Å². The van der Waals surface area contributed by atoms with Crippen LogP contribution < -0.4 is 11.1 Å². The van der Waals surface area contributed by atoms with Gasteiger partial charge in [0.05, 0.1) is 15.6 Å². The Labute approximate surface area is 119 Å². The summed E-state index contributed by atoms with van der Waals surface area (Å²) in [6.07, 6.45) is 3.13. The van der Waals surface area contributed by atoms with Crippen LogP contribution >= 0.6 is 11.3 Å². The first kappa shape index (κ1) is 14.3. The van der Waals surface area contributed by atoms with Crippen molar-refractivity contribution in [1.82, 2.24) is 4.90 Å². The zero-order valence-corrected chi connectivity index (χ0v) is 12.6. The van der Waals surface area contributed by atoms with Crippen molar-refractivity contribution in [2.45, 2.75) is 39.2 Å². The van der Waals surface area contributed by atoms with Crippen LogP contribution in [0, 0.1) is 0 Å². The van der Waals surface area contributed by atoms with Crippen molar-refractivity contribution in [3.63, 3.8) is 0 Å². The van der Waals surface area contributed by atoms with E-state index in [1.165, 1.54) is 37.3 Å². The van der Waals surface area contributed by atoms with E-state index in [0.29, 0.717) is 23.0 Å². The summed E-state index contributed by atoms with van der Waals surface area (Å²) in [7, 11) is 0. The summed E-state index contributed by atoms with van der Waals surface area (Å²) in [4.78, 5) is 14.9. The molecule has 1 aliphatic rings. The molecular weight excluding hydrogens is 258 g/mol. The molecule has 1 fully saturated rings. The number of carbonyl (C=O) groups is 1. The van der Waals surface area contributed by atoms with Gasteiger partial charge >= 0.3 is 0 Å². The molecule has 1 aliphatic heterocycles. The maximum absolute atomic E-state index is 11.7. The maximum Gasteiger partial charge on any atom is 0.174 e. The van der Waals surface area contributed by atoms with E-state index in [-0.39, 0.29) is 5.78 Å². The van der Waals surface area contributed by atoms with Gasteiger partial charge < -0.3 is 16.0 Å². The molecule has 0 aliphatic carbocycles. The molecule has 0 radical (unpaired) electrons. The number of ketones is 1. The normalized spacial score (nSPS) is 17.6. The second-order valence-corrected chi connectivity index (χ2v) is 6.28. The molecule has 0 bridgehead atoms. The lowest BCUT2D eigenvalue weighted by Gasteiger charge is -2.21. The summed E-state index contributed by atoms with van der Waals surface area (Å²) in [6.45, 7) is 7.51. The van der Waals surface area contributed by atoms with E-state index in [1.807, 2.05) is 13.0 Å². The number of likely N-dealkylation sites (tertiary alicyclic amines) is 1. The molecule has 2 rings (SSSR count). The first-order valence-electron chi connectivity index (χ1n) is 7.01. The van der Waals surface area contributed by atoms with E-state index < -0.39 is 0 Å². The summed E-state index contributed by atoms with van der Waals surface area (Å²) < 4.78 is 0. The average Bonchev–Trinajstić information content (AvgIpc) is 2.98. The molecule has 4 nitrogen and oxygen atoms in total. The average molecular weight is 281 g/mol. The molecule has 0 spiro atoms. The van der Waals surface area contributed by atoms with Gasteiger partial charge in [0, 0.05) is 19.0 Å². The zero-order chi connectivity index (χ0) is 13.8. The predicted molar refractivity (Wildman–Crippen MR) is 82.1 cm³/mol. The Balaban J connectivity index is 1.93. The zero-order valence-electron chi connectivity index (χ0n) is 11.7. The summed E-state index contributed by atoms with van der Waals surface area (Å²) >= 11 is 1.47. The fourth-order valence-electron chi connectivity index (χ4n) is 2.50. The van der Waals surface area contributed by atoms with Crippen molar-refractivity contribution in [2.24, 2.45) is 0 Å². The van der Waals surface area contributed by atoms with Crippen molar-refractivity contribution < 1.29 is 4.79 Å². The van der Waals surface area contributed by atoms with Crippen LogP contribution in [0.1, 0.15) is 42.8 Å². The third kappa shape index (κ3) is 3.70. The molecule has 19 heavy (non-hydrogen) atoms. The number of anilines is 2. The van der Waals surface area contributed by atoms with Gasteiger partial charge in [0.1, 0.15) is 0 Å². The lowest BCUT2D eigenvalue weighted by atomic mass is 10.2. The van der Waals surface area contributed by atoms with Crippen LogP contribution in [0.25, 0.3) is 0 Å². The fourth-order valence-corrected chi connectivity index (χ4v) is 3.60. The van der Waals surface area contributed by atoms with Gasteiger partial charge in [-0.3, -0.25) is 4.79 Å². The van der Waals surface area contributed by atoms with Gasteiger partial charge in [-0.15, -0.1) is 11.3 Å². The van der Waals surface area contributed by atoms with Crippen molar-refractivity contribution in [3.05, 3.63) is 10.9 Å². The minimum absolute atomic E-state index is 0.128. The molecule has 1 unspecified atom stereocenters. The summed E-state index contributed by atoms with van der Waals surface area (Å²) in [6, 6.07) is 2.26. The molecular formula is C14H23N3OS. The van der Waals surface area contributed by atoms with Crippen LogP contribution in [0.15, 0.2) is 6.07 Å². The maximum atomic E-state index is 11.7. The van der Waals surface area contributed by atoms with Crippen LogP contribution in [0.2, 0.25) is 0 Å². The Bertz CT molecular complexity index is 438. The Morgan fingerprint density at radius 3 is 2.84 bits per heavy atom. The first-order valence-corrected chi connectivity index (χ1v) is 7.83. The molecule has 106 valence electrons. The number of thiophene rings is 1. The van der Waals surface area contributed by atoms with Crippen LogP contribution in [0.5, 0.6) is 0 Å². The number of nitrogens with two attached hydrogens (primary N) is 1. The van der Waals surface area contributed by atoms with Crippen molar-refractivity contribution in [2.75, 3.05) is 30.7 Å². The number of carbonyl (C=O) groups excluding carboxylic acids is 1. The number of nitrogen functional groups attached to an aromatic ring is 1. The second-order valence-electron chi connectivity index (χ2n) is 5.22. The molecule has 0 aromatic carbocycles. The van der Waals surface area contributed by atoms with Gasteiger partial charge in [0.2, 0.25) is 0 Å². The van der Waals surface area contributed by atoms with Gasteiger partial charge in [0.15, 0.2) is 5.78 Å². The highest BCUT2D eigenvalue weighted by Gasteiger charge is 2.17. The molecule has 1 aromatic rings. The van der Waals surface area contributed by atoms with E-state index in [2.05, 4.69) is 17.1 Å². The standard InChI is InChI=1S/C14H23N3OS/c1-3-12(18)14-11(15)8-13(19-14)16-10(2)9-17-6-4-5-7-17/h8,10,16H,3-7,9,15H2,1-2H3. The summed E-state index contributed by atoms with van der Waals surface area (Å²) in [5.41, 5.74) is 6.50. The smallest absolute Gasteiger partial charge is 0.174 e. The van der Waals surface area contributed by atoms with Crippen LogP contribution in [0.3, 0.4) is 0 Å². The lowest BCUT2D eigenvalue weighted by molar-refractivity contribution is 0.0993. The van der Waals surface area contributed by atoms with E-state index in [9.17, 15) is 4.79 Å². The number of hydrogen-bond acceptors (Lipinski definition) is 5. The van der Waals surface area contributed by atoms with E-state index >= 15 is 0 Å². The highest BCUT2D eigenvalue weighted by molar-refractivity contribution is 7.18. The van der Waals surface area contributed by atoms with Gasteiger partial charge in [-0.05, 0) is 38.9 Å². The lowest BCUT2D eigenvalue weighted by Crippen LogP contribution is -2.32. The van der Waals surface area contributed by atoms with Crippen LogP contribution in [-0.2, 0) is 0 Å². The number of nitrogens with one attached hydrogen (secondary N) is 1. The minimum Gasteiger partial charge on any atom is -0.397 e. The Morgan fingerprint density at radius 2 is 2.21 bits per heavy atom. The van der Waals surface area contributed by atoms with Crippen molar-refractivity contribution >= 4 is 27.8 Å². The summed E-state index contributed by atoms with van der Waals surface area (Å²) in [5, 5.41) is 4.45. The monoisotopic (exact) mass is 281 g/mol. The molecule has 5 heteroatoms. The molecule has 1 atom stereocenters. The Kier molecular flexibility index (Phi) is 4.82. The van der Waals surface area contributed by atoms with E-state index in [1.54, 1.807) is 0 Å². The summed E-state index contributed by atoms with van der Waals surface area (Å²) in [5.74, 6) is 0.128. The quantitative estimate of drug-likeness (QED) is 0.787. The third-order valence-corrected chi connectivity index (χ3v) is 4.58. The Hall–Kier alpha value is -1.07. The molecule has 3 N–H and O–H groups in total. The molecule has 2 heterocycles. The first-order chi connectivity index (χ1) is 9.10. The number of Topliss-reactive ketones (excluding diaryl/α,β-unsaturated/α-hetero) is 1. The molecule has 1 aromatic heterocycles. The number of nitrogens with zero attached hydrogens (tertiary/aromatic N) is 1. The topological polar surface area (TPSA) is 58.4 Å². The van der Waals surface area contributed by atoms with E-state index in [0.717, 1.165) is 11.5 Å². The van der Waals surface area contributed by atoms with Gasteiger partial charge in [-0.1, -0.05) is 6.92 Å². The highest BCUT2D eigenvalue weighted by atomic mass is 32.1. The Morgan fingerprint density at radius 1 is 1.53 bits per heavy atom. The molecule has 0 amide bonds. The highest BCUT2D eigenvalue weighted by Crippen LogP contribution is 2.30. The van der Waals surface area contributed by atoms with Gasteiger partial charge in [-0.25, -0.2) is 0 Å². The van der Waals surface area contributed by atoms with Crippen LogP contribution in [0.4, 0.5) is 10.7 Å². The second kappa shape index (κ2) is 6.39. The number of hydrogen-bond donors (Lipinski definition) is 2. The van der Waals surface area contributed by atoms with Gasteiger partial charge in [-0.2, -0.15) is 0 Å². The minimum atomic E-state index is 0.128. The van der Waals surface area contributed by atoms with Crippen molar-refractivity contribution in [1.29, 1.82) is 0 Å².